The Bertz CT molecular complexity index is 175. The van der Waals surface area contributed by atoms with Gasteiger partial charge in [0.05, 0.1) is 0 Å². The molecule has 4 unspecified atom stereocenters. The van der Waals surface area contributed by atoms with Crippen molar-refractivity contribution in [2.24, 2.45) is 11.8 Å². The lowest BCUT2D eigenvalue weighted by molar-refractivity contribution is 0.139. The monoisotopic (exact) mass is 231 g/mol. The Hall–Kier alpha value is 0.660. The molecular formula is C11H21NS2. The molecule has 4 atom stereocenters. The fourth-order valence-electron chi connectivity index (χ4n) is 2.24. The molecule has 1 aliphatic heterocycles. The number of thioether (sulfide) groups is 2. The summed E-state index contributed by atoms with van der Waals surface area (Å²) >= 11 is 4.28. The van der Waals surface area contributed by atoms with Crippen molar-refractivity contribution in [2.45, 2.75) is 31.6 Å². The van der Waals surface area contributed by atoms with Gasteiger partial charge in [-0.2, -0.15) is 23.5 Å². The van der Waals surface area contributed by atoms with Crippen LogP contribution in [0.3, 0.4) is 0 Å². The summed E-state index contributed by atoms with van der Waals surface area (Å²) in [4.78, 5) is 0. The van der Waals surface area contributed by atoms with E-state index in [-0.39, 0.29) is 0 Å². The van der Waals surface area contributed by atoms with Crippen LogP contribution >= 0.6 is 23.5 Å². The van der Waals surface area contributed by atoms with Crippen molar-refractivity contribution in [3.05, 3.63) is 0 Å². The molecule has 1 heterocycles. The summed E-state index contributed by atoms with van der Waals surface area (Å²) < 4.78 is 0. The highest BCUT2D eigenvalue weighted by Crippen LogP contribution is 2.34. The van der Waals surface area contributed by atoms with Crippen LogP contribution in [0.5, 0.6) is 0 Å². The minimum absolute atomic E-state index is 0.817. The minimum Gasteiger partial charge on any atom is -0.313 e. The zero-order chi connectivity index (χ0) is 9.97. The van der Waals surface area contributed by atoms with Gasteiger partial charge in [-0.3, -0.25) is 0 Å². The summed E-state index contributed by atoms with van der Waals surface area (Å²) in [7, 11) is 0. The summed E-state index contributed by atoms with van der Waals surface area (Å²) in [6.07, 6.45) is 1.39. The third-order valence-electron chi connectivity index (χ3n) is 3.65. The molecule has 0 bridgehead atoms. The van der Waals surface area contributed by atoms with Gasteiger partial charge < -0.3 is 5.32 Å². The summed E-state index contributed by atoms with van der Waals surface area (Å²) in [5.41, 5.74) is 0. The van der Waals surface area contributed by atoms with Crippen LogP contribution in [-0.4, -0.2) is 35.1 Å². The molecule has 0 amide bonds. The van der Waals surface area contributed by atoms with Gasteiger partial charge in [-0.05, 0) is 18.3 Å². The third-order valence-corrected chi connectivity index (χ3v) is 6.50. The van der Waals surface area contributed by atoms with Gasteiger partial charge in [-0.25, -0.2) is 0 Å². The van der Waals surface area contributed by atoms with Gasteiger partial charge in [-0.1, -0.05) is 13.8 Å². The van der Waals surface area contributed by atoms with E-state index in [1.54, 1.807) is 0 Å². The van der Waals surface area contributed by atoms with Gasteiger partial charge in [0, 0.05) is 35.1 Å². The maximum absolute atomic E-state index is 3.73. The maximum Gasteiger partial charge on any atom is 0.0263 e. The average molecular weight is 231 g/mol. The first-order chi connectivity index (χ1) is 6.77. The number of rotatable bonds is 3. The normalized spacial score (nSPS) is 43.3. The molecule has 1 saturated carbocycles. The van der Waals surface area contributed by atoms with E-state index in [0.29, 0.717) is 0 Å². The van der Waals surface area contributed by atoms with Crippen molar-refractivity contribution in [3.63, 3.8) is 0 Å². The lowest BCUT2D eigenvalue weighted by atomic mass is 9.71. The Kier molecular flexibility index (Phi) is 4.09. The molecule has 14 heavy (non-hydrogen) atoms. The van der Waals surface area contributed by atoms with Gasteiger partial charge in [0.2, 0.25) is 0 Å². The van der Waals surface area contributed by atoms with Crippen LogP contribution in [0.15, 0.2) is 0 Å². The van der Waals surface area contributed by atoms with Gasteiger partial charge in [0.15, 0.2) is 0 Å². The Morgan fingerprint density at radius 2 is 2.14 bits per heavy atom. The van der Waals surface area contributed by atoms with Gasteiger partial charge >= 0.3 is 0 Å². The first-order valence-corrected chi connectivity index (χ1v) is 7.90. The lowest BCUT2D eigenvalue weighted by Crippen LogP contribution is -2.50. The van der Waals surface area contributed by atoms with E-state index in [2.05, 4.69) is 42.7 Å². The third kappa shape index (κ3) is 2.61. The first kappa shape index (κ1) is 11.2. The van der Waals surface area contributed by atoms with E-state index in [9.17, 15) is 0 Å². The molecule has 1 saturated heterocycles. The van der Waals surface area contributed by atoms with E-state index in [4.69, 9.17) is 0 Å². The highest BCUT2D eigenvalue weighted by molar-refractivity contribution is 8.06. The van der Waals surface area contributed by atoms with Gasteiger partial charge in [0.25, 0.3) is 0 Å². The fraction of sp³-hybridized carbons (Fsp3) is 1.00. The van der Waals surface area contributed by atoms with Crippen molar-refractivity contribution in [3.8, 4) is 0 Å². The van der Waals surface area contributed by atoms with Crippen LogP contribution in [-0.2, 0) is 0 Å². The molecule has 1 aliphatic carbocycles. The highest BCUT2D eigenvalue weighted by Gasteiger charge is 2.34. The molecule has 1 nitrogen and oxygen atoms in total. The number of nitrogens with one attached hydrogen (secondary N) is 1. The van der Waals surface area contributed by atoms with Crippen LogP contribution in [0.25, 0.3) is 0 Å². The Balaban J connectivity index is 1.62. The molecule has 0 aromatic heterocycles. The van der Waals surface area contributed by atoms with Gasteiger partial charge in [0.1, 0.15) is 0 Å². The van der Waals surface area contributed by atoms with E-state index in [1.807, 2.05) is 0 Å². The van der Waals surface area contributed by atoms with Crippen molar-refractivity contribution < 1.29 is 0 Å². The topological polar surface area (TPSA) is 12.0 Å². The van der Waals surface area contributed by atoms with E-state index in [0.717, 1.165) is 23.1 Å². The van der Waals surface area contributed by atoms with Crippen molar-refractivity contribution >= 4 is 23.5 Å². The Labute approximate surface area is 96.2 Å². The summed E-state index contributed by atoms with van der Waals surface area (Å²) in [6.45, 7) is 5.99. The van der Waals surface area contributed by atoms with Crippen LogP contribution in [0.1, 0.15) is 20.3 Å². The van der Waals surface area contributed by atoms with Gasteiger partial charge in [-0.15, -0.1) is 0 Å². The summed E-state index contributed by atoms with van der Waals surface area (Å²) in [6, 6.07) is 0.817. The van der Waals surface area contributed by atoms with Crippen molar-refractivity contribution in [1.29, 1.82) is 0 Å². The standard InChI is InChI=1S/C11H21NS2/c1-8-5-11(9(8)2)12-6-10-7-13-3-4-14-10/h8-12H,3-7H2,1-2H3. The number of hydrogen-bond donors (Lipinski definition) is 1. The molecule has 0 spiro atoms. The molecule has 82 valence electrons. The second-order valence-electron chi connectivity index (χ2n) is 4.65. The predicted octanol–water partition coefficient (Wildman–Crippen LogP) is 2.47. The highest BCUT2D eigenvalue weighted by atomic mass is 32.2. The zero-order valence-electron chi connectivity index (χ0n) is 9.16. The molecular weight excluding hydrogens is 210 g/mol. The Morgan fingerprint density at radius 3 is 2.71 bits per heavy atom. The fourth-order valence-corrected chi connectivity index (χ4v) is 4.86. The van der Waals surface area contributed by atoms with Crippen molar-refractivity contribution in [1.82, 2.24) is 5.32 Å². The average Bonchev–Trinajstić information content (AvgIpc) is 2.25. The molecule has 1 N–H and O–H groups in total. The molecule has 2 aliphatic rings. The molecule has 2 fully saturated rings. The zero-order valence-corrected chi connectivity index (χ0v) is 10.8. The second-order valence-corrected chi connectivity index (χ2v) is 7.21. The predicted molar refractivity (Wildman–Crippen MR) is 68.3 cm³/mol. The Morgan fingerprint density at radius 1 is 1.29 bits per heavy atom. The summed E-state index contributed by atoms with van der Waals surface area (Å²) in [5, 5.41) is 4.61. The lowest BCUT2D eigenvalue weighted by Gasteiger charge is -2.42. The molecule has 0 aromatic carbocycles. The maximum atomic E-state index is 3.73. The molecule has 2 rings (SSSR count). The largest absolute Gasteiger partial charge is 0.313 e. The van der Waals surface area contributed by atoms with Crippen molar-refractivity contribution in [2.75, 3.05) is 23.8 Å². The summed E-state index contributed by atoms with van der Waals surface area (Å²) in [5.74, 6) is 5.91. The minimum atomic E-state index is 0.817. The SMILES string of the molecule is CC1CC(NCC2CSCCS2)C1C. The van der Waals surface area contributed by atoms with Crippen LogP contribution in [0.2, 0.25) is 0 Å². The molecule has 0 aromatic rings. The van der Waals surface area contributed by atoms with E-state index >= 15 is 0 Å². The van der Waals surface area contributed by atoms with Crippen LogP contribution in [0.4, 0.5) is 0 Å². The molecule has 3 heteroatoms. The smallest absolute Gasteiger partial charge is 0.0263 e. The van der Waals surface area contributed by atoms with E-state index in [1.165, 1.54) is 30.2 Å². The van der Waals surface area contributed by atoms with Crippen LogP contribution < -0.4 is 5.32 Å². The molecule has 0 radical (unpaired) electrons. The quantitative estimate of drug-likeness (QED) is 0.801. The first-order valence-electron chi connectivity index (χ1n) is 5.70. The second kappa shape index (κ2) is 5.13. The number of hydrogen-bond acceptors (Lipinski definition) is 3. The van der Waals surface area contributed by atoms with Crippen LogP contribution in [0, 0.1) is 11.8 Å². The van der Waals surface area contributed by atoms with E-state index < -0.39 is 0 Å².